The van der Waals surface area contributed by atoms with E-state index in [0.29, 0.717) is 24.4 Å². The highest BCUT2D eigenvalue weighted by molar-refractivity contribution is 8.00. The van der Waals surface area contributed by atoms with Crippen molar-refractivity contribution in [2.24, 2.45) is 17.8 Å². The van der Waals surface area contributed by atoms with Gasteiger partial charge in [0.2, 0.25) is 23.6 Å². The number of halogens is 1. The number of hydrogen-bond acceptors (Lipinski definition) is 14. The van der Waals surface area contributed by atoms with Crippen molar-refractivity contribution in [1.29, 1.82) is 0 Å². The van der Waals surface area contributed by atoms with E-state index in [4.69, 9.17) is 35.3 Å². The number of alkyl carbamates (subject to hydrolysis) is 1. The number of benzene rings is 1. The molecule has 368 valence electrons. The number of likely N-dealkylation sites (tertiary alicyclic amines) is 1. The number of epoxide rings is 1. The van der Waals surface area contributed by atoms with Crippen molar-refractivity contribution in [3.63, 3.8) is 0 Å². The molecule has 9 atom stereocenters. The highest BCUT2D eigenvalue weighted by Crippen LogP contribution is 2.49. The number of methoxy groups -OCH3 is 2. The molecular weight excluding hydrogens is 908 g/mol. The summed E-state index contributed by atoms with van der Waals surface area (Å²) in [6.45, 7) is 8.82. The van der Waals surface area contributed by atoms with E-state index >= 15 is 0 Å². The van der Waals surface area contributed by atoms with Crippen LogP contribution in [0.15, 0.2) is 35.9 Å². The third-order valence-corrected chi connectivity index (χ3v) is 15.8. The first kappa shape index (κ1) is 51.9. The summed E-state index contributed by atoms with van der Waals surface area (Å²) in [5.74, 6) is -1.84. The maximum absolute atomic E-state index is 14.3. The van der Waals surface area contributed by atoms with Gasteiger partial charge in [-0.25, -0.2) is 9.59 Å². The number of allylic oxidation sites excluding steroid dienone is 3. The number of rotatable bonds is 12. The van der Waals surface area contributed by atoms with Crippen LogP contribution in [0.3, 0.4) is 0 Å². The Morgan fingerprint density at radius 3 is 2.45 bits per heavy atom. The number of amides is 5. The molecule has 1 saturated carbocycles. The quantitative estimate of drug-likeness (QED) is 0.158. The van der Waals surface area contributed by atoms with Gasteiger partial charge in [0.15, 0.2) is 5.72 Å². The molecule has 0 spiro atoms. The lowest BCUT2D eigenvalue weighted by molar-refractivity contribution is -0.162. The van der Waals surface area contributed by atoms with E-state index in [1.54, 1.807) is 52.1 Å². The summed E-state index contributed by atoms with van der Waals surface area (Å²) >= 11 is 8.04. The molecule has 0 aromatic heterocycles. The van der Waals surface area contributed by atoms with Crippen LogP contribution in [-0.2, 0) is 54.1 Å². The first-order valence-electron chi connectivity index (χ1n) is 22.9. The Bertz CT molecular complexity index is 2160. The smallest absolute Gasteiger partial charge is 0.409 e. The van der Waals surface area contributed by atoms with Gasteiger partial charge in [0.05, 0.1) is 30.6 Å². The van der Waals surface area contributed by atoms with Gasteiger partial charge in [-0.05, 0) is 83.4 Å². The molecule has 5 aliphatic rings. The van der Waals surface area contributed by atoms with Crippen LogP contribution in [0, 0.1) is 17.8 Å². The Labute approximate surface area is 401 Å². The van der Waals surface area contributed by atoms with Crippen molar-refractivity contribution in [3.05, 3.63) is 46.5 Å². The highest BCUT2D eigenvalue weighted by atomic mass is 35.5. The zero-order chi connectivity index (χ0) is 49.1. The van der Waals surface area contributed by atoms with Crippen LogP contribution in [0.5, 0.6) is 5.75 Å². The highest BCUT2D eigenvalue weighted by Gasteiger charge is 2.64. The number of carbonyl (C=O) groups excluding carboxylic acids is 7. The van der Waals surface area contributed by atoms with Gasteiger partial charge in [0.1, 0.15) is 46.5 Å². The van der Waals surface area contributed by atoms with E-state index in [0.717, 1.165) is 36.8 Å². The second-order valence-electron chi connectivity index (χ2n) is 18.9. The van der Waals surface area contributed by atoms with Crippen LogP contribution < -0.4 is 15.0 Å². The number of thioether (sulfide) groups is 1. The lowest BCUT2D eigenvalue weighted by Crippen LogP contribution is -2.63. The lowest BCUT2D eigenvalue weighted by atomic mass is 9.80. The first-order valence-corrected chi connectivity index (χ1v) is 24.3. The molecule has 6 rings (SSSR count). The molecule has 67 heavy (non-hydrogen) atoms. The van der Waals surface area contributed by atoms with E-state index in [1.807, 2.05) is 13.0 Å². The number of nitrogens with zero attached hydrogens (tertiary/aromatic N) is 3. The number of nitrogens with one attached hydrogen (secondary N) is 1. The number of aliphatic hydroxyl groups is 1. The van der Waals surface area contributed by atoms with E-state index in [2.05, 4.69) is 5.32 Å². The molecule has 2 N–H and O–H groups in total. The molecule has 1 aliphatic carbocycles. The molecule has 5 amide bonds. The van der Waals surface area contributed by atoms with Gasteiger partial charge in [0, 0.05) is 64.6 Å². The number of ketones is 1. The Kier molecular flexibility index (Phi) is 16.6. The Morgan fingerprint density at radius 1 is 1.09 bits per heavy atom. The molecule has 17 nitrogen and oxygen atoms in total. The number of esters is 1. The average molecular weight is 974 g/mol. The fourth-order valence-corrected chi connectivity index (χ4v) is 11.1. The van der Waals surface area contributed by atoms with Gasteiger partial charge < -0.3 is 38.6 Å². The summed E-state index contributed by atoms with van der Waals surface area (Å²) < 4.78 is 29.4. The average Bonchev–Trinajstić information content (AvgIpc) is 3.91. The topological polar surface area (TPSA) is 211 Å². The van der Waals surface area contributed by atoms with Crippen molar-refractivity contribution in [3.8, 4) is 5.75 Å². The minimum absolute atomic E-state index is 0.0292. The second-order valence-corrected chi connectivity index (χ2v) is 20.6. The maximum atomic E-state index is 14.3. The van der Waals surface area contributed by atoms with Crippen molar-refractivity contribution < 1.29 is 62.4 Å². The molecule has 4 heterocycles. The largest absolute Gasteiger partial charge is 0.495 e. The Balaban J connectivity index is 1.16. The van der Waals surface area contributed by atoms with E-state index < -0.39 is 76.8 Å². The van der Waals surface area contributed by atoms with Crippen LogP contribution in [0.4, 0.5) is 10.5 Å². The van der Waals surface area contributed by atoms with E-state index in [-0.39, 0.29) is 65.9 Å². The molecule has 0 radical (unpaired) electrons. The van der Waals surface area contributed by atoms with Crippen molar-refractivity contribution in [1.82, 2.24) is 15.1 Å². The van der Waals surface area contributed by atoms with E-state index in [1.165, 1.54) is 54.7 Å². The van der Waals surface area contributed by atoms with Crippen molar-refractivity contribution in [2.75, 3.05) is 45.5 Å². The van der Waals surface area contributed by atoms with Gasteiger partial charge >= 0.3 is 12.1 Å². The first-order chi connectivity index (χ1) is 31.6. The number of ether oxygens (including phenoxy) is 5. The molecule has 1 aromatic rings. The molecule has 1 aromatic carbocycles. The number of anilines is 1. The van der Waals surface area contributed by atoms with Crippen molar-refractivity contribution in [2.45, 2.75) is 139 Å². The molecule has 4 bridgehead atoms. The molecule has 4 aliphatic heterocycles. The monoisotopic (exact) mass is 972 g/mol. The molecule has 4 fully saturated rings. The van der Waals surface area contributed by atoms with Crippen LogP contribution in [-0.4, -0.2) is 144 Å². The third-order valence-electron chi connectivity index (χ3n) is 14.2. The number of imide groups is 1. The zero-order valence-corrected chi connectivity index (χ0v) is 41.4. The van der Waals surface area contributed by atoms with Gasteiger partial charge in [-0.2, -0.15) is 0 Å². The molecule has 0 unspecified atom stereocenters. The fourth-order valence-electron chi connectivity index (χ4n) is 9.67. The second kappa shape index (κ2) is 21.4. The number of carbonyl (C=O) groups is 7. The van der Waals surface area contributed by atoms with Crippen molar-refractivity contribution >= 4 is 70.5 Å². The number of hydrogen-bond donors (Lipinski definition) is 2. The standard InChI is InChI=1S/C48H65ClN4O13S/c1-26-11-10-12-37(63-9)48(61)24-35(64-46(60)50-48)27(2)43-47(5,66-43)38(23-40(56)52(7)33-20-31(19-26)21-34(62-8)42(33)49)65-45(59)28(3)51(6)39(55)17-18-67-36-22-41(57)53(44(36)58)25-30-13-15-32(16-14-30)29(4)54/h10-12,20-21,27-28,30,32,35-38,43,61H,13-19,22-25H2,1-9H3,(H,50,60)/b12-10+,26-11+/t27-,28+,30-,32-,35+,36-,37-,38+,43+,47+,48+/m1/s1. The number of fused-ring (bicyclic) bond motifs is 5. The van der Waals surface area contributed by atoms with Crippen LogP contribution in [0.1, 0.15) is 91.5 Å². The van der Waals surface area contributed by atoms with Crippen LogP contribution in [0.2, 0.25) is 5.02 Å². The van der Waals surface area contributed by atoms with Gasteiger partial charge in [-0.1, -0.05) is 42.3 Å². The van der Waals surface area contributed by atoms with Gasteiger partial charge in [-0.15, -0.1) is 11.8 Å². The summed E-state index contributed by atoms with van der Waals surface area (Å²) in [7, 11) is 5.91. The van der Waals surface area contributed by atoms with Crippen LogP contribution >= 0.6 is 23.4 Å². The minimum atomic E-state index is -1.87. The maximum Gasteiger partial charge on any atom is 0.409 e. The molecule has 3 saturated heterocycles. The van der Waals surface area contributed by atoms with E-state index in [9.17, 15) is 38.7 Å². The predicted molar refractivity (Wildman–Crippen MR) is 249 cm³/mol. The SMILES string of the molecule is COc1cc2cc(c1Cl)N(C)C(=O)C[C@H](OC(=O)[C@H](C)N(C)C(=O)CCS[C@@H]1CC(=O)N(C[C@H]3CC[C@H](C(C)=O)CC3)C1=O)[C@]1(C)O[C@H]1[C@H](C)[C@@H]1C[C@@](O)(NC(=O)O1)[C@H](OC)/C=C/C=C(\C)C2. The fraction of sp³-hybridized carbons (Fsp3) is 0.646. The van der Waals surface area contributed by atoms with Crippen LogP contribution in [0.25, 0.3) is 0 Å². The third kappa shape index (κ3) is 11.7. The summed E-state index contributed by atoms with van der Waals surface area (Å²) in [5, 5.41) is 13.9. The lowest BCUT2D eigenvalue weighted by Gasteiger charge is -2.42. The zero-order valence-electron chi connectivity index (χ0n) is 39.8. The van der Waals surface area contributed by atoms with Gasteiger partial charge in [0.25, 0.3) is 0 Å². The Hall–Kier alpha value is -4.49. The number of Topliss-reactive ketones (excluding diaryl/α,β-unsaturated/α-hetero) is 1. The number of likely N-dealkylation sites (N-methyl/N-ethyl adjacent to an activating group) is 1. The Morgan fingerprint density at radius 2 is 1.79 bits per heavy atom. The summed E-state index contributed by atoms with van der Waals surface area (Å²) in [6, 6.07) is 2.43. The summed E-state index contributed by atoms with van der Waals surface area (Å²) in [6.07, 6.45) is 3.60. The summed E-state index contributed by atoms with van der Waals surface area (Å²) in [4.78, 5) is 96.8. The minimum Gasteiger partial charge on any atom is -0.495 e. The van der Waals surface area contributed by atoms with Gasteiger partial charge in [-0.3, -0.25) is 34.2 Å². The predicted octanol–water partition coefficient (Wildman–Crippen LogP) is 5.16. The molecular formula is C48H65ClN4O13S. The summed E-state index contributed by atoms with van der Waals surface area (Å²) in [5.41, 5.74) is -1.13. The molecule has 19 heteroatoms. The normalized spacial score (nSPS) is 33.1.